The third-order valence-electron chi connectivity index (χ3n) is 5.58. The molecule has 1 aromatic heterocycles. The predicted molar refractivity (Wildman–Crippen MR) is 103 cm³/mol. The molecule has 0 aliphatic carbocycles. The van der Waals surface area contributed by atoms with Crippen LogP contribution >= 0.6 is 0 Å². The van der Waals surface area contributed by atoms with E-state index in [9.17, 15) is 9.18 Å². The Morgan fingerprint density at radius 3 is 2.41 bits per heavy atom. The third-order valence-corrected chi connectivity index (χ3v) is 5.58. The summed E-state index contributed by atoms with van der Waals surface area (Å²) in [7, 11) is 0. The SMILES string of the molecule is CC1CCN(C(=O)c2cnc(-c3ccc(F)cc3)nc2N2CCCC2)CC1. The van der Waals surface area contributed by atoms with Crippen molar-refractivity contribution in [2.45, 2.75) is 32.6 Å². The van der Waals surface area contributed by atoms with Gasteiger partial charge < -0.3 is 9.80 Å². The molecule has 0 radical (unpaired) electrons. The molecule has 0 bridgehead atoms. The molecule has 142 valence electrons. The van der Waals surface area contributed by atoms with Gasteiger partial charge in [-0.15, -0.1) is 0 Å². The van der Waals surface area contributed by atoms with Crippen LogP contribution in [0.5, 0.6) is 0 Å². The molecule has 0 unspecified atom stereocenters. The largest absolute Gasteiger partial charge is 0.356 e. The number of rotatable bonds is 3. The fourth-order valence-electron chi connectivity index (χ4n) is 3.81. The van der Waals surface area contributed by atoms with Crippen LogP contribution in [0.15, 0.2) is 30.5 Å². The van der Waals surface area contributed by atoms with Crippen molar-refractivity contribution in [2.24, 2.45) is 5.92 Å². The lowest BCUT2D eigenvalue weighted by atomic mass is 9.99. The molecule has 27 heavy (non-hydrogen) atoms. The van der Waals surface area contributed by atoms with E-state index >= 15 is 0 Å². The number of hydrogen-bond donors (Lipinski definition) is 0. The minimum Gasteiger partial charge on any atom is -0.356 e. The van der Waals surface area contributed by atoms with Crippen molar-refractivity contribution in [2.75, 3.05) is 31.1 Å². The molecule has 0 saturated carbocycles. The maximum atomic E-state index is 13.2. The van der Waals surface area contributed by atoms with Gasteiger partial charge >= 0.3 is 0 Å². The van der Waals surface area contributed by atoms with Crippen LogP contribution in [0.25, 0.3) is 11.4 Å². The van der Waals surface area contributed by atoms with Gasteiger partial charge in [-0.25, -0.2) is 14.4 Å². The summed E-state index contributed by atoms with van der Waals surface area (Å²) < 4.78 is 13.2. The fourth-order valence-corrected chi connectivity index (χ4v) is 3.81. The van der Waals surface area contributed by atoms with Crippen molar-refractivity contribution in [3.8, 4) is 11.4 Å². The standard InChI is InChI=1S/C21H25FN4O/c1-15-8-12-26(13-9-15)21(27)18-14-23-19(16-4-6-17(22)7-5-16)24-20(18)25-10-2-3-11-25/h4-7,14-15H,2-3,8-13H2,1H3. The van der Waals surface area contributed by atoms with Crippen LogP contribution in [0.3, 0.4) is 0 Å². The molecule has 1 aromatic carbocycles. The van der Waals surface area contributed by atoms with Crippen molar-refractivity contribution in [1.82, 2.24) is 14.9 Å². The summed E-state index contributed by atoms with van der Waals surface area (Å²) >= 11 is 0. The molecule has 0 atom stereocenters. The Labute approximate surface area is 159 Å². The first kappa shape index (κ1) is 17.9. The van der Waals surface area contributed by atoms with Gasteiger partial charge in [-0.3, -0.25) is 4.79 Å². The van der Waals surface area contributed by atoms with Crippen molar-refractivity contribution in [3.05, 3.63) is 41.8 Å². The first-order chi connectivity index (χ1) is 13.1. The van der Waals surface area contributed by atoms with E-state index in [0.29, 0.717) is 23.1 Å². The summed E-state index contributed by atoms with van der Waals surface area (Å²) in [5.41, 5.74) is 1.33. The first-order valence-electron chi connectivity index (χ1n) is 9.79. The minimum atomic E-state index is -0.287. The molecule has 6 heteroatoms. The number of halogens is 1. The van der Waals surface area contributed by atoms with Crippen LogP contribution in [0.2, 0.25) is 0 Å². The zero-order chi connectivity index (χ0) is 18.8. The minimum absolute atomic E-state index is 0.0226. The van der Waals surface area contributed by atoms with Gasteiger partial charge in [-0.2, -0.15) is 0 Å². The number of benzene rings is 1. The Kier molecular flexibility index (Phi) is 5.05. The van der Waals surface area contributed by atoms with Crippen molar-refractivity contribution in [3.63, 3.8) is 0 Å². The molecule has 4 rings (SSSR count). The number of likely N-dealkylation sites (tertiary alicyclic amines) is 1. The van der Waals surface area contributed by atoms with Crippen molar-refractivity contribution >= 4 is 11.7 Å². The number of nitrogens with zero attached hydrogens (tertiary/aromatic N) is 4. The fraction of sp³-hybridized carbons (Fsp3) is 0.476. The smallest absolute Gasteiger partial charge is 0.259 e. The van der Waals surface area contributed by atoms with Gasteiger partial charge in [-0.05, 0) is 55.9 Å². The van der Waals surface area contributed by atoms with Gasteiger partial charge in [0.1, 0.15) is 17.2 Å². The second kappa shape index (κ2) is 7.62. The number of anilines is 1. The highest BCUT2D eigenvalue weighted by Gasteiger charge is 2.27. The van der Waals surface area contributed by atoms with Crippen LogP contribution < -0.4 is 4.90 Å². The average molecular weight is 368 g/mol. The summed E-state index contributed by atoms with van der Waals surface area (Å²) in [6, 6.07) is 6.16. The number of carbonyl (C=O) groups excluding carboxylic acids is 1. The molecule has 0 spiro atoms. The summed E-state index contributed by atoms with van der Waals surface area (Å²) in [5.74, 6) is 1.65. The van der Waals surface area contributed by atoms with E-state index in [2.05, 4.69) is 16.8 Å². The maximum Gasteiger partial charge on any atom is 0.259 e. The number of amides is 1. The lowest BCUT2D eigenvalue weighted by molar-refractivity contribution is 0.0697. The van der Waals surface area contributed by atoms with E-state index in [1.54, 1.807) is 18.3 Å². The van der Waals surface area contributed by atoms with Crippen LogP contribution in [0.1, 0.15) is 43.0 Å². The van der Waals surface area contributed by atoms with Gasteiger partial charge in [-0.1, -0.05) is 6.92 Å². The molecule has 2 aliphatic rings. The van der Waals surface area contributed by atoms with Crippen molar-refractivity contribution in [1.29, 1.82) is 0 Å². The number of piperidine rings is 1. The van der Waals surface area contributed by atoms with Crippen LogP contribution in [-0.4, -0.2) is 47.0 Å². The molecule has 2 fully saturated rings. The Bertz CT molecular complexity index is 809. The average Bonchev–Trinajstić information content (AvgIpc) is 3.23. The molecule has 2 aliphatic heterocycles. The topological polar surface area (TPSA) is 49.3 Å². The van der Waals surface area contributed by atoms with Gasteiger partial charge in [0.2, 0.25) is 0 Å². The predicted octanol–water partition coefficient (Wildman–Crippen LogP) is 3.76. The summed E-state index contributed by atoms with van der Waals surface area (Å²) in [4.78, 5) is 26.4. The highest BCUT2D eigenvalue weighted by atomic mass is 19.1. The van der Waals surface area contributed by atoms with E-state index in [1.165, 1.54) is 12.1 Å². The molecule has 2 saturated heterocycles. The third kappa shape index (κ3) is 3.80. The number of carbonyl (C=O) groups is 1. The van der Waals surface area contributed by atoms with E-state index < -0.39 is 0 Å². The molecular formula is C21H25FN4O. The second-order valence-corrected chi connectivity index (χ2v) is 7.61. The second-order valence-electron chi connectivity index (χ2n) is 7.61. The Morgan fingerprint density at radius 1 is 1.07 bits per heavy atom. The molecular weight excluding hydrogens is 343 g/mol. The molecule has 3 heterocycles. The zero-order valence-electron chi connectivity index (χ0n) is 15.7. The molecule has 2 aromatic rings. The van der Waals surface area contributed by atoms with E-state index in [4.69, 9.17) is 4.98 Å². The lowest BCUT2D eigenvalue weighted by Gasteiger charge is -2.31. The molecule has 5 nitrogen and oxygen atoms in total. The Hall–Kier alpha value is -2.50. The lowest BCUT2D eigenvalue weighted by Crippen LogP contribution is -2.39. The zero-order valence-corrected chi connectivity index (χ0v) is 15.7. The Balaban J connectivity index is 1.68. The quantitative estimate of drug-likeness (QED) is 0.828. The Morgan fingerprint density at radius 2 is 1.74 bits per heavy atom. The summed E-state index contributed by atoms with van der Waals surface area (Å²) in [5, 5.41) is 0. The van der Waals surface area contributed by atoms with Crippen LogP contribution in [0.4, 0.5) is 10.2 Å². The highest BCUT2D eigenvalue weighted by Crippen LogP contribution is 2.28. The number of hydrogen-bond acceptors (Lipinski definition) is 4. The van der Waals surface area contributed by atoms with Crippen LogP contribution in [0, 0.1) is 11.7 Å². The van der Waals surface area contributed by atoms with Gasteiger partial charge in [0.25, 0.3) is 5.91 Å². The van der Waals surface area contributed by atoms with Gasteiger partial charge in [0.05, 0.1) is 0 Å². The normalized spacial score (nSPS) is 18.1. The number of aromatic nitrogens is 2. The van der Waals surface area contributed by atoms with Gasteiger partial charge in [0.15, 0.2) is 5.82 Å². The first-order valence-corrected chi connectivity index (χ1v) is 9.79. The van der Waals surface area contributed by atoms with E-state index in [1.807, 2.05) is 4.90 Å². The monoisotopic (exact) mass is 368 g/mol. The molecule has 1 amide bonds. The van der Waals surface area contributed by atoms with Crippen molar-refractivity contribution < 1.29 is 9.18 Å². The molecule has 0 N–H and O–H groups in total. The maximum absolute atomic E-state index is 13.2. The van der Waals surface area contributed by atoms with Gasteiger partial charge in [0, 0.05) is 37.9 Å². The summed E-state index contributed by atoms with van der Waals surface area (Å²) in [6.45, 7) is 5.62. The van der Waals surface area contributed by atoms with Crippen LogP contribution in [-0.2, 0) is 0 Å². The highest BCUT2D eigenvalue weighted by molar-refractivity contribution is 5.99. The summed E-state index contributed by atoms with van der Waals surface area (Å²) in [6.07, 6.45) is 5.94. The van der Waals surface area contributed by atoms with E-state index in [-0.39, 0.29) is 11.7 Å². The van der Waals surface area contributed by atoms with E-state index in [0.717, 1.165) is 57.4 Å².